The molecule has 1 aliphatic rings. The van der Waals surface area contributed by atoms with Crippen LogP contribution in [-0.2, 0) is 6.42 Å². The van der Waals surface area contributed by atoms with Crippen LogP contribution in [0, 0.1) is 23.0 Å². The van der Waals surface area contributed by atoms with Gasteiger partial charge in [-0.15, -0.1) is 0 Å². The highest BCUT2D eigenvalue weighted by atomic mass is 19.2. The third kappa shape index (κ3) is 3.69. The van der Waals surface area contributed by atoms with Crippen molar-refractivity contribution < 1.29 is 13.5 Å². The fraction of sp³-hybridized carbons (Fsp3) is 0.600. The standard InChI is InChI=1S/C15H20F2O/c1-15(2,3)8-11-6-12(16)13(17)7-14(11)18-9-10-4-5-10/h6-7,10H,4-5,8-9H2,1-3H3. The first-order valence-electron chi connectivity index (χ1n) is 6.46. The van der Waals surface area contributed by atoms with E-state index in [0.29, 0.717) is 24.7 Å². The van der Waals surface area contributed by atoms with Crippen LogP contribution in [0.1, 0.15) is 39.2 Å². The van der Waals surface area contributed by atoms with Gasteiger partial charge in [-0.1, -0.05) is 20.8 Å². The lowest BCUT2D eigenvalue weighted by molar-refractivity contribution is 0.289. The summed E-state index contributed by atoms with van der Waals surface area (Å²) in [6.07, 6.45) is 3.03. The molecule has 100 valence electrons. The summed E-state index contributed by atoms with van der Waals surface area (Å²) < 4.78 is 32.2. The fourth-order valence-corrected chi connectivity index (χ4v) is 1.91. The van der Waals surface area contributed by atoms with Gasteiger partial charge in [0.1, 0.15) is 5.75 Å². The van der Waals surface area contributed by atoms with Crippen molar-refractivity contribution in [3.8, 4) is 5.75 Å². The Kier molecular flexibility index (Phi) is 3.60. The maximum absolute atomic E-state index is 13.3. The second-order valence-electron chi connectivity index (χ2n) is 6.37. The van der Waals surface area contributed by atoms with Crippen LogP contribution in [0.2, 0.25) is 0 Å². The fourth-order valence-electron chi connectivity index (χ4n) is 1.91. The van der Waals surface area contributed by atoms with Gasteiger partial charge >= 0.3 is 0 Å². The van der Waals surface area contributed by atoms with E-state index >= 15 is 0 Å². The first kappa shape index (κ1) is 13.3. The van der Waals surface area contributed by atoms with E-state index in [9.17, 15) is 8.78 Å². The molecule has 1 fully saturated rings. The van der Waals surface area contributed by atoms with E-state index in [1.54, 1.807) is 0 Å². The first-order valence-corrected chi connectivity index (χ1v) is 6.46. The molecule has 0 aliphatic heterocycles. The van der Waals surface area contributed by atoms with E-state index in [1.807, 2.05) is 0 Å². The molecule has 1 saturated carbocycles. The van der Waals surface area contributed by atoms with Crippen molar-refractivity contribution in [2.24, 2.45) is 11.3 Å². The topological polar surface area (TPSA) is 9.23 Å². The van der Waals surface area contributed by atoms with Crippen LogP contribution in [0.4, 0.5) is 8.78 Å². The second-order valence-corrected chi connectivity index (χ2v) is 6.37. The van der Waals surface area contributed by atoms with E-state index in [0.717, 1.165) is 5.56 Å². The number of benzene rings is 1. The van der Waals surface area contributed by atoms with Crippen molar-refractivity contribution in [2.75, 3.05) is 6.61 Å². The average molecular weight is 254 g/mol. The monoisotopic (exact) mass is 254 g/mol. The van der Waals surface area contributed by atoms with Gasteiger partial charge in [0.2, 0.25) is 0 Å². The van der Waals surface area contributed by atoms with Crippen molar-refractivity contribution in [1.82, 2.24) is 0 Å². The van der Waals surface area contributed by atoms with Gasteiger partial charge in [-0.2, -0.15) is 0 Å². The Bertz CT molecular complexity index is 431. The molecule has 0 aromatic heterocycles. The predicted octanol–water partition coefficient (Wildman–Crippen LogP) is 4.34. The summed E-state index contributed by atoms with van der Waals surface area (Å²) in [5, 5.41) is 0. The quantitative estimate of drug-likeness (QED) is 0.776. The van der Waals surface area contributed by atoms with Gasteiger partial charge < -0.3 is 4.74 Å². The smallest absolute Gasteiger partial charge is 0.162 e. The lowest BCUT2D eigenvalue weighted by Crippen LogP contribution is -2.12. The van der Waals surface area contributed by atoms with Gasteiger partial charge in [0.25, 0.3) is 0 Å². The predicted molar refractivity (Wildman–Crippen MR) is 67.7 cm³/mol. The normalized spacial score (nSPS) is 15.8. The van der Waals surface area contributed by atoms with Crippen molar-refractivity contribution in [2.45, 2.75) is 40.0 Å². The molecule has 0 N–H and O–H groups in total. The lowest BCUT2D eigenvalue weighted by atomic mass is 9.88. The summed E-state index contributed by atoms with van der Waals surface area (Å²) >= 11 is 0. The zero-order chi connectivity index (χ0) is 13.3. The number of ether oxygens (including phenoxy) is 1. The van der Waals surface area contributed by atoms with Crippen molar-refractivity contribution >= 4 is 0 Å². The highest BCUT2D eigenvalue weighted by Crippen LogP contribution is 2.33. The highest BCUT2D eigenvalue weighted by Gasteiger charge is 2.23. The third-order valence-corrected chi connectivity index (χ3v) is 3.00. The zero-order valence-corrected chi connectivity index (χ0v) is 11.2. The Labute approximate surface area is 107 Å². The summed E-state index contributed by atoms with van der Waals surface area (Å²) in [4.78, 5) is 0. The van der Waals surface area contributed by atoms with Gasteiger partial charge in [0.05, 0.1) is 6.61 Å². The molecule has 0 unspecified atom stereocenters. The summed E-state index contributed by atoms with van der Waals surface area (Å²) in [6, 6.07) is 2.45. The van der Waals surface area contributed by atoms with E-state index in [2.05, 4.69) is 20.8 Å². The van der Waals surface area contributed by atoms with Crippen LogP contribution >= 0.6 is 0 Å². The molecule has 0 amide bonds. The van der Waals surface area contributed by atoms with E-state index < -0.39 is 11.6 Å². The van der Waals surface area contributed by atoms with Gasteiger partial charge in [-0.25, -0.2) is 8.78 Å². The molecule has 1 nitrogen and oxygen atoms in total. The number of hydrogen-bond donors (Lipinski definition) is 0. The van der Waals surface area contributed by atoms with E-state index in [1.165, 1.54) is 25.0 Å². The second kappa shape index (κ2) is 4.87. The van der Waals surface area contributed by atoms with Crippen LogP contribution in [0.3, 0.4) is 0 Å². The summed E-state index contributed by atoms with van der Waals surface area (Å²) in [5.74, 6) is -0.539. The summed E-state index contributed by atoms with van der Waals surface area (Å²) in [6.45, 7) is 6.82. The largest absolute Gasteiger partial charge is 0.493 e. The Morgan fingerprint density at radius 3 is 2.33 bits per heavy atom. The van der Waals surface area contributed by atoms with E-state index in [-0.39, 0.29) is 5.41 Å². The third-order valence-electron chi connectivity index (χ3n) is 3.00. The molecule has 0 heterocycles. The summed E-state index contributed by atoms with van der Waals surface area (Å²) in [7, 11) is 0. The van der Waals surface area contributed by atoms with Gasteiger partial charge in [0, 0.05) is 6.07 Å². The van der Waals surface area contributed by atoms with Crippen LogP contribution in [0.5, 0.6) is 5.75 Å². The zero-order valence-electron chi connectivity index (χ0n) is 11.2. The highest BCUT2D eigenvalue weighted by molar-refractivity contribution is 5.35. The minimum absolute atomic E-state index is 0.0158. The maximum atomic E-state index is 13.3. The molecule has 0 bridgehead atoms. The number of rotatable bonds is 4. The Balaban J connectivity index is 2.19. The minimum Gasteiger partial charge on any atom is -0.493 e. The molecule has 0 atom stereocenters. The Hall–Kier alpha value is -1.12. The molecular weight excluding hydrogens is 234 g/mol. The van der Waals surface area contributed by atoms with Crippen molar-refractivity contribution in [3.63, 3.8) is 0 Å². The molecule has 1 aromatic rings. The SMILES string of the molecule is CC(C)(C)Cc1cc(F)c(F)cc1OCC1CC1. The molecule has 1 aromatic carbocycles. The molecular formula is C15H20F2O. The van der Waals surface area contributed by atoms with Gasteiger partial charge in [0.15, 0.2) is 11.6 Å². The molecule has 18 heavy (non-hydrogen) atoms. The number of hydrogen-bond acceptors (Lipinski definition) is 1. The molecule has 0 saturated heterocycles. The lowest BCUT2D eigenvalue weighted by Gasteiger charge is -2.20. The Morgan fingerprint density at radius 2 is 1.78 bits per heavy atom. The first-order chi connectivity index (χ1) is 8.35. The summed E-state index contributed by atoms with van der Waals surface area (Å²) in [5.41, 5.74) is 0.768. The molecule has 1 aliphatic carbocycles. The Morgan fingerprint density at radius 1 is 1.17 bits per heavy atom. The van der Waals surface area contributed by atoms with Gasteiger partial charge in [-0.05, 0) is 42.2 Å². The molecule has 3 heteroatoms. The molecule has 0 radical (unpaired) electrons. The maximum Gasteiger partial charge on any atom is 0.162 e. The molecule has 2 rings (SSSR count). The van der Waals surface area contributed by atoms with Crippen LogP contribution in [0.15, 0.2) is 12.1 Å². The van der Waals surface area contributed by atoms with Crippen LogP contribution < -0.4 is 4.74 Å². The van der Waals surface area contributed by atoms with Crippen LogP contribution in [-0.4, -0.2) is 6.61 Å². The number of halogens is 2. The average Bonchev–Trinajstić information content (AvgIpc) is 3.02. The minimum atomic E-state index is -0.835. The van der Waals surface area contributed by atoms with Crippen LogP contribution in [0.25, 0.3) is 0 Å². The van der Waals surface area contributed by atoms with Gasteiger partial charge in [-0.3, -0.25) is 0 Å². The van der Waals surface area contributed by atoms with Crippen molar-refractivity contribution in [3.05, 3.63) is 29.3 Å². The van der Waals surface area contributed by atoms with E-state index in [4.69, 9.17) is 4.74 Å². The van der Waals surface area contributed by atoms with Crippen molar-refractivity contribution in [1.29, 1.82) is 0 Å². The molecule has 0 spiro atoms.